The van der Waals surface area contributed by atoms with Gasteiger partial charge in [-0.1, -0.05) is 6.92 Å². The summed E-state index contributed by atoms with van der Waals surface area (Å²) in [6.07, 6.45) is 2.72. The second kappa shape index (κ2) is 7.39. The number of rotatable bonds is 6. The number of carbonyl (C=O) groups excluding carboxylic acids is 1. The van der Waals surface area contributed by atoms with Gasteiger partial charge < -0.3 is 5.73 Å². The van der Waals surface area contributed by atoms with Crippen molar-refractivity contribution >= 4 is 17.7 Å². The van der Waals surface area contributed by atoms with Crippen LogP contribution in [0.3, 0.4) is 0 Å². The fourth-order valence-corrected chi connectivity index (χ4v) is 1.13. The normalized spacial score (nSPS) is 12.6. The van der Waals surface area contributed by atoms with Gasteiger partial charge in [-0.2, -0.15) is 11.8 Å². The Balaban J connectivity index is 3.47. The van der Waals surface area contributed by atoms with Gasteiger partial charge in [-0.3, -0.25) is 10.2 Å². The minimum absolute atomic E-state index is 0.133. The van der Waals surface area contributed by atoms with Gasteiger partial charge in [0.1, 0.15) is 0 Å². The Morgan fingerprint density at radius 2 is 2.33 bits per heavy atom. The summed E-state index contributed by atoms with van der Waals surface area (Å²) in [5.41, 5.74) is 10.8. The monoisotopic (exact) mass is 191 g/mol. The predicted octanol–water partition coefficient (Wildman–Crippen LogP) is -0.292. The van der Waals surface area contributed by atoms with Crippen LogP contribution in [0.5, 0.6) is 0 Å². The topological polar surface area (TPSA) is 67.1 Å². The highest BCUT2D eigenvalue weighted by molar-refractivity contribution is 7.98. The predicted molar refractivity (Wildman–Crippen MR) is 52.8 cm³/mol. The van der Waals surface area contributed by atoms with Crippen LogP contribution in [0.4, 0.5) is 0 Å². The maximum Gasteiger partial charge on any atom is 0.251 e. The summed E-state index contributed by atoms with van der Waals surface area (Å²) in [4.78, 5) is 11.1. The fraction of sp³-hybridized carbons (Fsp3) is 0.857. The second-order valence-corrected chi connectivity index (χ2v) is 3.39. The second-order valence-electron chi connectivity index (χ2n) is 2.41. The van der Waals surface area contributed by atoms with Gasteiger partial charge in [-0.05, 0) is 18.4 Å². The molecule has 1 atom stereocenters. The van der Waals surface area contributed by atoms with Crippen molar-refractivity contribution < 1.29 is 4.79 Å². The van der Waals surface area contributed by atoms with Gasteiger partial charge in [0.05, 0.1) is 6.04 Å². The first-order valence-corrected chi connectivity index (χ1v) is 5.39. The zero-order valence-corrected chi connectivity index (χ0v) is 8.41. The number of hydrazine groups is 1. The molecule has 0 bridgehead atoms. The van der Waals surface area contributed by atoms with Crippen LogP contribution in [-0.2, 0) is 4.79 Å². The SMILES string of the molecule is CCNNC(=O)[C@@H](N)CCSC. The van der Waals surface area contributed by atoms with Gasteiger partial charge in [0.25, 0.3) is 5.91 Å². The van der Waals surface area contributed by atoms with E-state index in [2.05, 4.69) is 10.9 Å². The molecule has 12 heavy (non-hydrogen) atoms. The average molecular weight is 191 g/mol. The molecule has 0 aliphatic carbocycles. The molecular weight excluding hydrogens is 174 g/mol. The van der Waals surface area contributed by atoms with Crippen molar-refractivity contribution in [3.63, 3.8) is 0 Å². The van der Waals surface area contributed by atoms with Crippen LogP contribution in [0.15, 0.2) is 0 Å². The molecule has 0 aromatic carbocycles. The first kappa shape index (κ1) is 11.7. The molecule has 0 aromatic heterocycles. The molecule has 72 valence electrons. The zero-order valence-electron chi connectivity index (χ0n) is 7.59. The molecule has 0 aliphatic rings. The summed E-state index contributed by atoms with van der Waals surface area (Å²) in [5, 5.41) is 0. The third kappa shape index (κ3) is 5.40. The molecule has 0 unspecified atom stereocenters. The fourth-order valence-electron chi connectivity index (χ4n) is 0.644. The number of amides is 1. The average Bonchev–Trinajstić information content (AvgIpc) is 2.10. The Labute approximate surface area is 77.6 Å². The maximum absolute atomic E-state index is 11.1. The van der Waals surface area contributed by atoms with Gasteiger partial charge in [-0.25, -0.2) is 5.43 Å². The Hall–Kier alpha value is -0.260. The lowest BCUT2D eigenvalue weighted by molar-refractivity contribution is -0.123. The molecule has 5 heteroatoms. The summed E-state index contributed by atoms with van der Waals surface area (Å²) >= 11 is 1.69. The van der Waals surface area contributed by atoms with Crippen molar-refractivity contribution in [3.8, 4) is 0 Å². The number of nitrogens with two attached hydrogens (primary N) is 1. The number of nitrogens with one attached hydrogen (secondary N) is 2. The molecule has 1 amide bonds. The van der Waals surface area contributed by atoms with E-state index in [1.807, 2.05) is 13.2 Å². The first-order valence-electron chi connectivity index (χ1n) is 3.99. The van der Waals surface area contributed by atoms with E-state index in [-0.39, 0.29) is 5.91 Å². The molecule has 0 aromatic rings. The van der Waals surface area contributed by atoms with Crippen molar-refractivity contribution in [2.24, 2.45) is 5.73 Å². The highest BCUT2D eigenvalue weighted by Crippen LogP contribution is 1.97. The highest BCUT2D eigenvalue weighted by Gasteiger charge is 2.10. The Kier molecular flexibility index (Phi) is 7.23. The van der Waals surface area contributed by atoms with Crippen molar-refractivity contribution in [2.75, 3.05) is 18.6 Å². The Morgan fingerprint density at radius 3 is 2.83 bits per heavy atom. The molecular formula is C7H17N3OS. The first-order chi connectivity index (χ1) is 5.72. The standard InChI is InChI=1S/C7H17N3OS/c1-3-9-10-7(11)6(8)4-5-12-2/h6,9H,3-5,8H2,1-2H3,(H,10,11)/t6-/m0/s1. The van der Waals surface area contributed by atoms with E-state index in [9.17, 15) is 4.79 Å². The van der Waals surface area contributed by atoms with E-state index in [1.165, 1.54) is 0 Å². The van der Waals surface area contributed by atoms with Crippen LogP contribution in [0, 0.1) is 0 Å². The van der Waals surface area contributed by atoms with Crippen LogP contribution in [0.1, 0.15) is 13.3 Å². The molecule has 0 saturated heterocycles. The third-order valence-corrected chi connectivity index (χ3v) is 2.00. The molecule has 0 saturated carbocycles. The number of carbonyl (C=O) groups is 1. The van der Waals surface area contributed by atoms with Gasteiger partial charge in [-0.15, -0.1) is 0 Å². The highest BCUT2D eigenvalue weighted by atomic mass is 32.2. The minimum atomic E-state index is -0.392. The number of thioether (sulfide) groups is 1. The van der Waals surface area contributed by atoms with Gasteiger partial charge in [0.15, 0.2) is 0 Å². The lowest BCUT2D eigenvalue weighted by Gasteiger charge is -2.10. The summed E-state index contributed by atoms with van der Waals surface area (Å²) in [7, 11) is 0. The lowest BCUT2D eigenvalue weighted by atomic mass is 10.2. The van der Waals surface area contributed by atoms with Crippen LogP contribution in [0.25, 0.3) is 0 Å². The van der Waals surface area contributed by atoms with Crippen molar-refractivity contribution in [1.82, 2.24) is 10.9 Å². The van der Waals surface area contributed by atoms with E-state index < -0.39 is 6.04 Å². The molecule has 0 rings (SSSR count). The van der Waals surface area contributed by atoms with Crippen LogP contribution < -0.4 is 16.6 Å². The smallest absolute Gasteiger partial charge is 0.251 e. The van der Waals surface area contributed by atoms with Crippen LogP contribution >= 0.6 is 11.8 Å². The van der Waals surface area contributed by atoms with E-state index in [1.54, 1.807) is 11.8 Å². The summed E-state index contributed by atoms with van der Waals surface area (Å²) in [6.45, 7) is 2.62. The molecule has 4 N–H and O–H groups in total. The molecule has 0 fully saturated rings. The molecule has 0 aliphatic heterocycles. The maximum atomic E-state index is 11.1. The van der Waals surface area contributed by atoms with Crippen LogP contribution in [-0.4, -0.2) is 30.5 Å². The largest absolute Gasteiger partial charge is 0.320 e. The van der Waals surface area contributed by atoms with Crippen molar-refractivity contribution in [3.05, 3.63) is 0 Å². The van der Waals surface area contributed by atoms with E-state index in [4.69, 9.17) is 5.73 Å². The minimum Gasteiger partial charge on any atom is -0.320 e. The van der Waals surface area contributed by atoms with Crippen molar-refractivity contribution in [1.29, 1.82) is 0 Å². The van der Waals surface area contributed by atoms with Gasteiger partial charge >= 0.3 is 0 Å². The number of hydrogen-bond acceptors (Lipinski definition) is 4. The van der Waals surface area contributed by atoms with E-state index >= 15 is 0 Å². The van der Waals surface area contributed by atoms with Crippen LogP contribution in [0.2, 0.25) is 0 Å². The quantitative estimate of drug-likeness (QED) is 0.505. The van der Waals surface area contributed by atoms with Gasteiger partial charge in [0, 0.05) is 6.54 Å². The lowest BCUT2D eigenvalue weighted by Crippen LogP contribution is -2.47. The van der Waals surface area contributed by atoms with Gasteiger partial charge in [0.2, 0.25) is 0 Å². The summed E-state index contributed by atoms with van der Waals surface area (Å²) < 4.78 is 0. The molecule has 0 spiro atoms. The zero-order chi connectivity index (χ0) is 9.40. The van der Waals surface area contributed by atoms with Crippen molar-refractivity contribution in [2.45, 2.75) is 19.4 Å². The molecule has 0 radical (unpaired) electrons. The summed E-state index contributed by atoms with van der Waals surface area (Å²) in [5.74, 6) is 0.784. The van der Waals surface area contributed by atoms with E-state index in [0.29, 0.717) is 6.54 Å². The third-order valence-electron chi connectivity index (χ3n) is 1.36. The van der Waals surface area contributed by atoms with E-state index in [0.717, 1.165) is 12.2 Å². The summed E-state index contributed by atoms with van der Waals surface area (Å²) in [6, 6.07) is -0.392. The molecule has 4 nitrogen and oxygen atoms in total. The number of hydrogen-bond donors (Lipinski definition) is 3. The Morgan fingerprint density at radius 1 is 1.67 bits per heavy atom. The molecule has 0 heterocycles. The Bertz CT molecular complexity index is 132.